The Hall–Kier alpha value is -1.07. The summed E-state index contributed by atoms with van der Waals surface area (Å²) in [7, 11) is 1.27. The SMILES string of the molecule is COC(=O)COc1ccc(C(=O)C(C)Br)cc1Cl. The van der Waals surface area contributed by atoms with Crippen molar-refractivity contribution in [2.75, 3.05) is 13.7 Å². The van der Waals surface area contributed by atoms with Crippen LogP contribution >= 0.6 is 27.5 Å². The molecule has 1 rings (SSSR count). The van der Waals surface area contributed by atoms with E-state index in [4.69, 9.17) is 16.3 Å². The summed E-state index contributed by atoms with van der Waals surface area (Å²) in [6, 6.07) is 4.65. The number of alkyl halides is 1. The Labute approximate surface area is 118 Å². The Morgan fingerprint density at radius 3 is 2.61 bits per heavy atom. The lowest BCUT2D eigenvalue weighted by Crippen LogP contribution is -2.13. The molecule has 0 radical (unpaired) electrons. The number of carbonyl (C=O) groups is 2. The van der Waals surface area contributed by atoms with Gasteiger partial charge in [0.05, 0.1) is 17.0 Å². The summed E-state index contributed by atoms with van der Waals surface area (Å²) in [5, 5.41) is 0.276. The van der Waals surface area contributed by atoms with Crippen LogP contribution in [0.2, 0.25) is 5.02 Å². The van der Waals surface area contributed by atoms with Gasteiger partial charge in [0.25, 0.3) is 0 Å². The number of ether oxygens (including phenoxy) is 2. The quantitative estimate of drug-likeness (QED) is 0.472. The summed E-state index contributed by atoms with van der Waals surface area (Å²) < 4.78 is 9.59. The molecular weight excluding hydrogens is 323 g/mol. The number of esters is 1. The molecule has 0 amide bonds. The highest BCUT2D eigenvalue weighted by Gasteiger charge is 2.14. The molecule has 0 aliphatic rings. The molecule has 0 fully saturated rings. The third-order valence-electron chi connectivity index (χ3n) is 2.15. The van der Waals surface area contributed by atoms with Crippen LogP contribution in [0.25, 0.3) is 0 Å². The largest absolute Gasteiger partial charge is 0.480 e. The van der Waals surface area contributed by atoms with Crippen LogP contribution < -0.4 is 4.74 Å². The molecular formula is C12H12BrClO4. The van der Waals surface area contributed by atoms with Crippen LogP contribution in [0.5, 0.6) is 5.75 Å². The molecule has 0 spiro atoms. The van der Waals surface area contributed by atoms with Gasteiger partial charge in [-0.25, -0.2) is 4.79 Å². The van der Waals surface area contributed by atoms with E-state index in [1.807, 2.05) is 0 Å². The summed E-state index contributed by atoms with van der Waals surface area (Å²) >= 11 is 9.15. The van der Waals surface area contributed by atoms with Crippen molar-refractivity contribution in [2.45, 2.75) is 11.8 Å². The van der Waals surface area contributed by atoms with Gasteiger partial charge in [0.1, 0.15) is 5.75 Å². The molecule has 1 aromatic rings. The molecule has 98 valence electrons. The third kappa shape index (κ3) is 3.99. The maximum absolute atomic E-state index is 11.7. The number of Topliss-reactive ketones (excluding diaryl/α,β-unsaturated/α-hetero) is 1. The van der Waals surface area contributed by atoms with Gasteiger partial charge in [0, 0.05) is 5.56 Å². The van der Waals surface area contributed by atoms with E-state index in [0.717, 1.165) is 0 Å². The number of halogens is 2. The predicted molar refractivity (Wildman–Crippen MR) is 71.7 cm³/mol. The van der Waals surface area contributed by atoms with Crippen LogP contribution in [-0.4, -0.2) is 30.3 Å². The van der Waals surface area contributed by atoms with Crippen LogP contribution in [0.3, 0.4) is 0 Å². The third-order valence-corrected chi connectivity index (χ3v) is 2.86. The molecule has 0 aliphatic heterocycles. The fraction of sp³-hybridized carbons (Fsp3) is 0.333. The van der Waals surface area contributed by atoms with Crippen molar-refractivity contribution >= 4 is 39.3 Å². The van der Waals surface area contributed by atoms with Gasteiger partial charge in [-0.3, -0.25) is 4.79 Å². The monoisotopic (exact) mass is 334 g/mol. The lowest BCUT2D eigenvalue weighted by Gasteiger charge is -2.09. The summed E-state index contributed by atoms with van der Waals surface area (Å²) in [6.07, 6.45) is 0. The van der Waals surface area contributed by atoms with E-state index in [0.29, 0.717) is 11.3 Å². The molecule has 6 heteroatoms. The summed E-state index contributed by atoms with van der Waals surface area (Å²) in [4.78, 5) is 22.3. The fourth-order valence-corrected chi connectivity index (χ4v) is 1.70. The number of ketones is 1. The van der Waals surface area contributed by atoms with E-state index in [1.165, 1.54) is 13.2 Å². The minimum absolute atomic E-state index is 0.0728. The Bertz CT molecular complexity index is 459. The number of hydrogen-bond acceptors (Lipinski definition) is 4. The van der Waals surface area contributed by atoms with Crippen LogP contribution in [-0.2, 0) is 9.53 Å². The highest BCUT2D eigenvalue weighted by atomic mass is 79.9. The first-order valence-corrected chi connectivity index (χ1v) is 6.42. The molecule has 0 aromatic heterocycles. The molecule has 0 N–H and O–H groups in total. The van der Waals surface area contributed by atoms with Gasteiger partial charge in [0.2, 0.25) is 0 Å². The summed E-state index contributed by atoms with van der Waals surface area (Å²) in [6.45, 7) is 1.51. The first-order chi connectivity index (χ1) is 8.45. The molecule has 0 heterocycles. The first kappa shape index (κ1) is 15.0. The zero-order valence-corrected chi connectivity index (χ0v) is 12.2. The fourth-order valence-electron chi connectivity index (χ4n) is 1.20. The van der Waals surface area contributed by atoms with Crippen LogP contribution in [0, 0.1) is 0 Å². The molecule has 18 heavy (non-hydrogen) atoms. The second-order valence-corrected chi connectivity index (χ2v) is 5.27. The lowest BCUT2D eigenvalue weighted by molar-refractivity contribution is -0.142. The smallest absolute Gasteiger partial charge is 0.343 e. The minimum atomic E-state index is -0.500. The maximum Gasteiger partial charge on any atom is 0.343 e. The number of methoxy groups -OCH3 is 1. The zero-order chi connectivity index (χ0) is 13.7. The van der Waals surface area contributed by atoms with Gasteiger partial charge >= 0.3 is 5.97 Å². The number of hydrogen-bond donors (Lipinski definition) is 0. The molecule has 1 aromatic carbocycles. The van der Waals surface area contributed by atoms with E-state index < -0.39 is 5.97 Å². The number of carbonyl (C=O) groups excluding carboxylic acids is 2. The molecule has 1 unspecified atom stereocenters. The topological polar surface area (TPSA) is 52.6 Å². The number of benzene rings is 1. The Balaban J connectivity index is 2.80. The van der Waals surface area contributed by atoms with E-state index in [1.54, 1.807) is 19.1 Å². The average Bonchev–Trinajstić information content (AvgIpc) is 2.35. The second kappa shape index (κ2) is 6.75. The highest BCUT2D eigenvalue weighted by molar-refractivity contribution is 9.10. The molecule has 0 saturated carbocycles. The normalized spacial score (nSPS) is 11.8. The van der Waals surface area contributed by atoms with Gasteiger partial charge < -0.3 is 9.47 Å². The molecule has 0 bridgehead atoms. The van der Waals surface area contributed by atoms with Crippen molar-refractivity contribution in [3.63, 3.8) is 0 Å². The number of rotatable bonds is 5. The first-order valence-electron chi connectivity index (χ1n) is 5.13. The standard InChI is InChI=1S/C12H12BrClO4/c1-7(13)12(16)8-3-4-10(9(14)5-8)18-6-11(15)17-2/h3-5,7H,6H2,1-2H3. The highest BCUT2D eigenvalue weighted by Crippen LogP contribution is 2.26. The molecule has 4 nitrogen and oxygen atoms in total. The van der Waals surface area contributed by atoms with E-state index >= 15 is 0 Å². The van der Waals surface area contributed by atoms with E-state index in [2.05, 4.69) is 20.7 Å². The zero-order valence-electron chi connectivity index (χ0n) is 9.91. The van der Waals surface area contributed by atoms with Crippen LogP contribution in [0.1, 0.15) is 17.3 Å². The average molecular weight is 336 g/mol. The lowest BCUT2D eigenvalue weighted by atomic mass is 10.1. The van der Waals surface area contributed by atoms with Gasteiger partial charge in [0.15, 0.2) is 12.4 Å². The second-order valence-electron chi connectivity index (χ2n) is 3.49. The van der Waals surface area contributed by atoms with Crippen molar-refractivity contribution < 1.29 is 19.1 Å². The summed E-state index contributed by atoms with van der Waals surface area (Å²) in [5.74, 6) is -0.238. The molecule has 0 aliphatic carbocycles. The van der Waals surface area contributed by atoms with Crippen molar-refractivity contribution in [3.05, 3.63) is 28.8 Å². The van der Waals surface area contributed by atoms with Gasteiger partial charge in [-0.05, 0) is 25.1 Å². The Morgan fingerprint density at radius 2 is 2.11 bits per heavy atom. The van der Waals surface area contributed by atoms with Crippen LogP contribution in [0.15, 0.2) is 18.2 Å². The van der Waals surface area contributed by atoms with Gasteiger partial charge in [-0.15, -0.1) is 0 Å². The van der Waals surface area contributed by atoms with E-state index in [-0.39, 0.29) is 22.2 Å². The van der Waals surface area contributed by atoms with Crippen molar-refractivity contribution in [1.29, 1.82) is 0 Å². The summed E-state index contributed by atoms with van der Waals surface area (Å²) in [5.41, 5.74) is 0.481. The Kier molecular flexibility index (Phi) is 5.62. The van der Waals surface area contributed by atoms with Crippen molar-refractivity contribution in [1.82, 2.24) is 0 Å². The molecule has 0 saturated heterocycles. The van der Waals surface area contributed by atoms with E-state index in [9.17, 15) is 9.59 Å². The van der Waals surface area contributed by atoms with Crippen molar-refractivity contribution in [3.8, 4) is 5.75 Å². The van der Waals surface area contributed by atoms with Crippen molar-refractivity contribution in [2.24, 2.45) is 0 Å². The van der Waals surface area contributed by atoms with Gasteiger partial charge in [-0.2, -0.15) is 0 Å². The Morgan fingerprint density at radius 1 is 1.44 bits per heavy atom. The predicted octanol–water partition coefficient (Wildman–Crippen LogP) is 2.86. The minimum Gasteiger partial charge on any atom is -0.480 e. The van der Waals surface area contributed by atoms with Crippen LogP contribution in [0.4, 0.5) is 0 Å². The van der Waals surface area contributed by atoms with Gasteiger partial charge in [-0.1, -0.05) is 27.5 Å². The maximum atomic E-state index is 11.7. The molecule has 1 atom stereocenters.